The number of para-hydroxylation sites is 1. The van der Waals surface area contributed by atoms with Gasteiger partial charge in [0.2, 0.25) is 0 Å². The van der Waals surface area contributed by atoms with E-state index in [4.69, 9.17) is 5.10 Å². The number of carbonyl (C=O) groups excluding carboxylic acids is 1. The molecule has 0 saturated carbocycles. The molecular weight excluding hydrogens is 482 g/mol. The first-order valence-corrected chi connectivity index (χ1v) is 13.5. The third-order valence-corrected chi connectivity index (χ3v) is 7.52. The third kappa shape index (κ3) is 4.63. The van der Waals surface area contributed by atoms with Crippen molar-refractivity contribution >= 4 is 6.03 Å². The van der Waals surface area contributed by atoms with Crippen molar-refractivity contribution in [3.63, 3.8) is 0 Å². The van der Waals surface area contributed by atoms with Gasteiger partial charge in [-0.15, -0.1) is 0 Å². The lowest BCUT2D eigenvalue weighted by molar-refractivity contribution is 0.180. The lowest BCUT2D eigenvalue weighted by atomic mass is 10.0. The summed E-state index contributed by atoms with van der Waals surface area (Å²) in [5.74, 6) is 0.990. The van der Waals surface area contributed by atoms with Crippen LogP contribution in [0.4, 0.5) is 4.79 Å². The van der Waals surface area contributed by atoms with Crippen LogP contribution in [0.5, 0.6) is 0 Å². The van der Waals surface area contributed by atoms with E-state index in [0.29, 0.717) is 13.1 Å². The number of benzene rings is 3. The number of hydrogen-bond acceptors (Lipinski definition) is 2. The Labute approximate surface area is 229 Å². The first-order valence-electron chi connectivity index (χ1n) is 13.5. The highest BCUT2D eigenvalue weighted by atomic mass is 16.2. The Morgan fingerprint density at radius 1 is 0.897 bits per heavy atom. The summed E-state index contributed by atoms with van der Waals surface area (Å²) in [6.07, 6.45) is 2.86. The van der Waals surface area contributed by atoms with E-state index in [-0.39, 0.29) is 12.1 Å². The Bertz CT molecular complexity index is 1600. The second-order valence-corrected chi connectivity index (χ2v) is 10.2. The molecule has 0 fully saturated rings. The van der Waals surface area contributed by atoms with Crippen LogP contribution in [0.3, 0.4) is 0 Å². The molecule has 39 heavy (non-hydrogen) atoms. The molecule has 1 N–H and O–H groups in total. The Balaban J connectivity index is 1.48. The van der Waals surface area contributed by atoms with Gasteiger partial charge in [-0.25, -0.2) is 9.48 Å². The minimum Gasteiger partial charge on any atom is -0.334 e. The van der Waals surface area contributed by atoms with Crippen molar-refractivity contribution < 1.29 is 4.79 Å². The number of nitrogens with one attached hydrogen (secondary N) is 1. The van der Waals surface area contributed by atoms with Gasteiger partial charge in [-0.05, 0) is 55.7 Å². The fourth-order valence-electron chi connectivity index (χ4n) is 5.43. The number of hydrogen-bond donors (Lipinski definition) is 1. The van der Waals surface area contributed by atoms with E-state index in [2.05, 4.69) is 110 Å². The molecule has 0 bridgehead atoms. The van der Waals surface area contributed by atoms with E-state index >= 15 is 0 Å². The first-order chi connectivity index (χ1) is 19.0. The summed E-state index contributed by atoms with van der Waals surface area (Å²) in [4.78, 5) is 16.0. The summed E-state index contributed by atoms with van der Waals surface area (Å²) < 4.78 is 4.24. The van der Waals surface area contributed by atoms with Crippen LogP contribution in [0.15, 0.2) is 97.2 Å². The number of aryl methyl sites for hydroxylation is 3. The van der Waals surface area contributed by atoms with E-state index in [1.54, 1.807) is 0 Å². The lowest BCUT2D eigenvalue weighted by Gasteiger charge is -2.31. The molecule has 6 heteroatoms. The Kier molecular flexibility index (Phi) is 6.53. The summed E-state index contributed by atoms with van der Waals surface area (Å²) in [5, 5.41) is 8.25. The molecule has 0 aliphatic carbocycles. The van der Waals surface area contributed by atoms with Gasteiger partial charge < -0.3 is 14.8 Å². The Morgan fingerprint density at radius 3 is 2.28 bits per heavy atom. The molecule has 0 radical (unpaired) electrons. The Hall–Kier alpha value is -4.58. The van der Waals surface area contributed by atoms with Crippen molar-refractivity contribution in [2.75, 3.05) is 0 Å². The molecule has 196 valence electrons. The van der Waals surface area contributed by atoms with E-state index in [1.165, 1.54) is 11.1 Å². The fourth-order valence-corrected chi connectivity index (χ4v) is 5.43. The molecule has 3 heterocycles. The van der Waals surface area contributed by atoms with Gasteiger partial charge >= 0.3 is 6.03 Å². The summed E-state index contributed by atoms with van der Waals surface area (Å²) in [7, 11) is 0. The molecule has 1 aliphatic rings. The first kappa shape index (κ1) is 24.7. The predicted octanol–water partition coefficient (Wildman–Crippen LogP) is 6.66. The van der Waals surface area contributed by atoms with Crippen molar-refractivity contribution in [1.82, 2.24) is 24.6 Å². The standard InChI is InChI=1S/C33H33N5O/c1-4-29-28-22-37(33(39)34-21-25-16-12-23(2)13-17-25)31(26-18-14-24(3)15-19-26)30-11-8-20-36(30)32(28)38(35-29)27-9-6-5-7-10-27/h5-20,31H,4,21-22H2,1-3H3,(H,34,39)/t31-/m1/s1. The quantitative estimate of drug-likeness (QED) is 0.285. The smallest absolute Gasteiger partial charge is 0.318 e. The maximum Gasteiger partial charge on any atom is 0.318 e. The summed E-state index contributed by atoms with van der Waals surface area (Å²) >= 11 is 0. The largest absolute Gasteiger partial charge is 0.334 e. The van der Waals surface area contributed by atoms with E-state index < -0.39 is 0 Å². The summed E-state index contributed by atoms with van der Waals surface area (Å²) in [6, 6.07) is 30.8. The molecule has 0 unspecified atom stereocenters. The van der Waals surface area contributed by atoms with Crippen LogP contribution in [0.25, 0.3) is 11.5 Å². The van der Waals surface area contributed by atoms with Crippen LogP contribution in [-0.4, -0.2) is 25.3 Å². The van der Waals surface area contributed by atoms with Crippen LogP contribution in [0.2, 0.25) is 0 Å². The molecule has 6 nitrogen and oxygen atoms in total. The van der Waals surface area contributed by atoms with Crippen LogP contribution >= 0.6 is 0 Å². The van der Waals surface area contributed by atoms with E-state index in [0.717, 1.165) is 46.0 Å². The van der Waals surface area contributed by atoms with Crippen molar-refractivity contribution in [2.45, 2.75) is 46.3 Å². The van der Waals surface area contributed by atoms with Crippen molar-refractivity contribution in [1.29, 1.82) is 0 Å². The van der Waals surface area contributed by atoms with Crippen molar-refractivity contribution in [2.24, 2.45) is 0 Å². The maximum atomic E-state index is 14.0. The fraction of sp³-hybridized carbons (Fsp3) is 0.212. The zero-order chi connectivity index (χ0) is 26.9. The number of nitrogens with zero attached hydrogens (tertiary/aromatic N) is 4. The number of carbonyl (C=O) groups is 1. The number of aromatic nitrogens is 3. The third-order valence-electron chi connectivity index (χ3n) is 7.52. The number of fused-ring (bicyclic) bond motifs is 3. The van der Waals surface area contributed by atoms with Crippen LogP contribution in [0, 0.1) is 13.8 Å². The van der Waals surface area contributed by atoms with Crippen molar-refractivity contribution in [3.05, 3.63) is 136 Å². The van der Waals surface area contributed by atoms with Gasteiger partial charge in [0.25, 0.3) is 0 Å². The highest BCUT2D eigenvalue weighted by Crippen LogP contribution is 2.38. The van der Waals surface area contributed by atoms with Crippen LogP contribution < -0.4 is 5.32 Å². The predicted molar refractivity (Wildman–Crippen MR) is 154 cm³/mol. The normalized spacial score (nSPS) is 14.4. The SMILES string of the molecule is CCc1nn(-c2ccccc2)c2c1CN(C(=O)NCc1ccc(C)cc1)[C@H](c1ccc(C)cc1)c1cccn1-2. The minimum absolute atomic E-state index is 0.101. The Morgan fingerprint density at radius 2 is 1.59 bits per heavy atom. The topological polar surface area (TPSA) is 55.1 Å². The number of amides is 2. The highest BCUT2D eigenvalue weighted by molar-refractivity contribution is 5.76. The van der Waals surface area contributed by atoms with Gasteiger partial charge in [-0.1, -0.05) is 84.8 Å². The zero-order valence-corrected chi connectivity index (χ0v) is 22.6. The van der Waals surface area contributed by atoms with Gasteiger partial charge in [-0.2, -0.15) is 5.10 Å². The highest BCUT2D eigenvalue weighted by Gasteiger charge is 2.36. The van der Waals surface area contributed by atoms with Gasteiger partial charge in [0.05, 0.1) is 29.7 Å². The maximum absolute atomic E-state index is 14.0. The molecule has 1 aliphatic heterocycles. The molecular formula is C33H33N5O. The molecule has 1 atom stereocenters. The van der Waals surface area contributed by atoms with Crippen molar-refractivity contribution in [3.8, 4) is 11.5 Å². The van der Waals surface area contributed by atoms with Crippen LogP contribution in [-0.2, 0) is 19.5 Å². The molecule has 0 spiro atoms. The molecule has 0 saturated heterocycles. The van der Waals surface area contributed by atoms with Crippen LogP contribution in [0.1, 0.15) is 52.2 Å². The number of urea groups is 1. The molecule has 6 rings (SSSR count). The molecule has 2 amide bonds. The average Bonchev–Trinajstić information content (AvgIpc) is 3.55. The molecule has 5 aromatic rings. The second kappa shape index (κ2) is 10.3. The zero-order valence-electron chi connectivity index (χ0n) is 22.6. The monoisotopic (exact) mass is 515 g/mol. The molecule has 3 aromatic carbocycles. The lowest BCUT2D eigenvalue weighted by Crippen LogP contribution is -2.41. The minimum atomic E-state index is -0.264. The van der Waals surface area contributed by atoms with E-state index in [1.807, 2.05) is 27.8 Å². The average molecular weight is 516 g/mol. The van der Waals surface area contributed by atoms with E-state index in [9.17, 15) is 4.79 Å². The second-order valence-electron chi connectivity index (χ2n) is 10.2. The van der Waals surface area contributed by atoms with Gasteiger partial charge in [-0.3, -0.25) is 0 Å². The number of rotatable bonds is 5. The van der Waals surface area contributed by atoms with Gasteiger partial charge in [0.15, 0.2) is 0 Å². The molecule has 2 aromatic heterocycles. The summed E-state index contributed by atoms with van der Waals surface area (Å²) in [6.45, 7) is 7.20. The van der Waals surface area contributed by atoms with Gasteiger partial charge in [0, 0.05) is 18.3 Å². The van der Waals surface area contributed by atoms with Gasteiger partial charge in [0.1, 0.15) is 5.82 Å². The summed E-state index contributed by atoms with van der Waals surface area (Å²) in [5.41, 5.74) is 8.63.